The van der Waals surface area contributed by atoms with Crippen molar-refractivity contribution in [2.24, 2.45) is 0 Å². The van der Waals surface area contributed by atoms with E-state index in [2.05, 4.69) is 31.0 Å². The first-order chi connectivity index (χ1) is 8.60. The van der Waals surface area contributed by atoms with Gasteiger partial charge >= 0.3 is 5.97 Å². The zero-order chi connectivity index (χ0) is 13.1. The van der Waals surface area contributed by atoms with Crippen molar-refractivity contribution in [1.82, 2.24) is 4.98 Å². The van der Waals surface area contributed by atoms with Gasteiger partial charge in [0, 0.05) is 9.85 Å². The fourth-order valence-electron chi connectivity index (χ4n) is 1.24. The van der Waals surface area contributed by atoms with Crippen molar-refractivity contribution in [1.29, 1.82) is 0 Å². The van der Waals surface area contributed by atoms with E-state index in [9.17, 15) is 9.18 Å². The SMILES string of the molecule is COC(=O)c1csc(Nc2cc(F)ccc2Br)n1. The number of aromatic nitrogens is 1. The first-order valence-corrected chi connectivity index (χ1v) is 6.53. The van der Waals surface area contributed by atoms with E-state index >= 15 is 0 Å². The molecule has 2 aromatic rings. The van der Waals surface area contributed by atoms with Crippen LogP contribution in [-0.4, -0.2) is 18.1 Å². The summed E-state index contributed by atoms with van der Waals surface area (Å²) in [4.78, 5) is 15.3. The maximum absolute atomic E-state index is 13.1. The van der Waals surface area contributed by atoms with Gasteiger partial charge < -0.3 is 10.1 Å². The van der Waals surface area contributed by atoms with E-state index in [-0.39, 0.29) is 11.5 Å². The van der Waals surface area contributed by atoms with Crippen LogP contribution in [0.2, 0.25) is 0 Å². The van der Waals surface area contributed by atoms with Gasteiger partial charge in [0.2, 0.25) is 0 Å². The van der Waals surface area contributed by atoms with Gasteiger partial charge in [-0.1, -0.05) is 0 Å². The molecule has 18 heavy (non-hydrogen) atoms. The minimum absolute atomic E-state index is 0.220. The molecule has 1 aromatic heterocycles. The van der Waals surface area contributed by atoms with Gasteiger partial charge in [-0.15, -0.1) is 11.3 Å². The summed E-state index contributed by atoms with van der Waals surface area (Å²) in [5.41, 5.74) is 0.762. The van der Waals surface area contributed by atoms with Gasteiger partial charge in [0.15, 0.2) is 10.8 Å². The van der Waals surface area contributed by atoms with Gasteiger partial charge in [0.05, 0.1) is 12.8 Å². The Morgan fingerprint density at radius 2 is 2.33 bits per heavy atom. The van der Waals surface area contributed by atoms with Crippen molar-refractivity contribution in [2.45, 2.75) is 0 Å². The molecule has 0 unspecified atom stereocenters. The van der Waals surface area contributed by atoms with E-state index in [1.807, 2.05) is 0 Å². The third-order valence-electron chi connectivity index (χ3n) is 2.07. The van der Waals surface area contributed by atoms with Crippen LogP contribution in [0.15, 0.2) is 28.1 Å². The molecule has 0 spiro atoms. The molecule has 0 atom stereocenters. The number of ether oxygens (including phenoxy) is 1. The summed E-state index contributed by atoms with van der Waals surface area (Å²) in [6.45, 7) is 0. The zero-order valence-corrected chi connectivity index (χ0v) is 11.6. The quantitative estimate of drug-likeness (QED) is 0.874. The van der Waals surface area contributed by atoms with Gasteiger partial charge in [-0.25, -0.2) is 14.2 Å². The Morgan fingerprint density at radius 1 is 1.56 bits per heavy atom. The molecule has 1 heterocycles. The highest BCUT2D eigenvalue weighted by Gasteiger charge is 2.11. The standard InChI is InChI=1S/C11H8BrFN2O2S/c1-17-10(16)9-5-18-11(15-9)14-8-4-6(13)2-3-7(8)12/h2-5H,1H3,(H,14,15). The van der Waals surface area contributed by atoms with E-state index in [4.69, 9.17) is 0 Å². The van der Waals surface area contributed by atoms with Crippen LogP contribution >= 0.6 is 27.3 Å². The number of nitrogens with zero attached hydrogens (tertiary/aromatic N) is 1. The Kier molecular flexibility index (Phi) is 3.93. The average Bonchev–Trinajstić information content (AvgIpc) is 2.81. The third-order valence-corrected chi connectivity index (χ3v) is 3.52. The van der Waals surface area contributed by atoms with Crippen molar-refractivity contribution >= 4 is 44.1 Å². The predicted octanol–water partition coefficient (Wildman–Crippen LogP) is 3.57. The molecule has 7 heteroatoms. The normalized spacial score (nSPS) is 10.2. The Morgan fingerprint density at radius 3 is 3.06 bits per heavy atom. The Balaban J connectivity index is 2.21. The molecule has 0 amide bonds. The monoisotopic (exact) mass is 330 g/mol. The Labute approximate surface area is 115 Å². The van der Waals surface area contributed by atoms with E-state index in [1.165, 1.54) is 30.6 Å². The van der Waals surface area contributed by atoms with Crippen LogP contribution in [0.1, 0.15) is 10.5 Å². The van der Waals surface area contributed by atoms with E-state index < -0.39 is 5.97 Å². The van der Waals surface area contributed by atoms with Crippen molar-refractivity contribution in [2.75, 3.05) is 12.4 Å². The minimum atomic E-state index is -0.502. The predicted molar refractivity (Wildman–Crippen MR) is 70.8 cm³/mol. The molecule has 0 aliphatic carbocycles. The number of carbonyl (C=O) groups is 1. The Hall–Kier alpha value is -1.47. The molecule has 0 saturated heterocycles. The molecule has 94 valence electrons. The van der Waals surface area contributed by atoms with Crippen LogP contribution in [0, 0.1) is 5.82 Å². The molecular formula is C11H8BrFN2O2S. The topological polar surface area (TPSA) is 51.2 Å². The highest BCUT2D eigenvalue weighted by Crippen LogP contribution is 2.28. The number of benzene rings is 1. The smallest absolute Gasteiger partial charge is 0.357 e. The molecule has 0 fully saturated rings. The summed E-state index contributed by atoms with van der Waals surface area (Å²) < 4.78 is 18.3. The van der Waals surface area contributed by atoms with Gasteiger partial charge in [0.1, 0.15) is 5.82 Å². The molecule has 4 nitrogen and oxygen atoms in total. The summed E-state index contributed by atoms with van der Waals surface area (Å²) in [5, 5.41) is 4.98. The van der Waals surface area contributed by atoms with E-state index in [0.717, 1.165) is 0 Å². The summed E-state index contributed by atoms with van der Waals surface area (Å²) in [7, 11) is 1.29. The highest BCUT2D eigenvalue weighted by atomic mass is 79.9. The number of anilines is 2. The number of rotatable bonds is 3. The number of nitrogens with one attached hydrogen (secondary N) is 1. The number of thiazole rings is 1. The molecule has 0 aliphatic heterocycles. The third kappa shape index (κ3) is 2.85. The second kappa shape index (κ2) is 5.45. The van der Waals surface area contributed by atoms with Crippen molar-refractivity contribution < 1.29 is 13.9 Å². The van der Waals surface area contributed by atoms with Crippen LogP contribution in [0.3, 0.4) is 0 Å². The van der Waals surface area contributed by atoms with Crippen LogP contribution in [0.5, 0.6) is 0 Å². The number of hydrogen-bond donors (Lipinski definition) is 1. The second-order valence-electron chi connectivity index (χ2n) is 3.28. The van der Waals surface area contributed by atoms with Crippen LogP contribution in [0.25, 0.3) is 0 Å². The molecule has 0 saturated carbocycles. The van der Waals surface area contributed by atoms with Crippen molar-refractivity contribution in [3.05, 3.63) is 39.6 Å². The lowest BCUT2D eigenvalue weighted by molar-refractivity contribution is 0.0595. The Bertz CT molecular complexity index is 588. The van der Waals surface area contributed by atoms with Crippen molar-refractivity contribution in [3.8, 4) is 0 Å². The van der Waals surface area contributed by atoms with E-state index in [0.29, 0.717) is 15.3 Å². The molecule has 1 aromatic carbocycles. The van der Waals surface area contributed by atoms with Gasteiger partial charge in [-0.2, -0.15) is 0 Å². The summed E-state index contributed by atoms with van der Waals surface area (Å²) in [5.74, 6) is -0.858. The van der Waals surface area contributed by atoms with Gasteiger partial charge in [-0.3, -0.25) is 0 Å². The van der Waals surface area contributed by atoms with Gasteiger partial charge in [-0.05, 0) is 34.1 Å². The number of halogens is 2. The number of hydrogen-bond acceptors (Lipinski definition) is 5. The summed E-state index contributed by atoms with van der Waals surface area (Å²) >= 11 is 4.53. The van der Waals surface area contributed by atoms with Crippen LogP contribution < -0.4 is 5.32 Å². The van der Waals surface area contributed by atoms with E-state index in [1.54, 1.807) is 11.4 Å². The molecule has 0 aliphatic rings. The minimum Gasteiger partial charge on any atom is -0.464 e. The van der Waals surface area contributed by atoms with Crippen molar-refractivity contribution in [3.63, 3.8) is 0 Å². The largest absolute Gasteiger partial charge is 0.464 e. The lowest BCUT2D eigenvalue weighted by Crippen LogP contribution is -2.01. The fourth-order valence-corrected chi connectivity index (χ4v) is 2.28. The maximum atomic E-state index is 13.1. The second-order valence-corrected chi connectivity index (χ2v) is 4.99. The number of methoxy groups -OCH3 is 1. The highest BCUT2D eigenvalue weighted by molar-refractivity contribution is 9.10. The first-order valence-electron chi connectivity index (χ1n) is 4.86. The summed E-state index contributed by atoms with van der Waals surface area (Å²) in [6.07, 6.45) is 0. The lowest BCUT2D eigenvalue weighted by Gasteiger charge is -2.04. The molecule has 0 bridgehead atoms. The van der Waals surface area contributed by atoms with Crippen LogP contribution in [0.4, 0.5) is 15.2 Å². The zero-order valence-electron chi connectivity index (χ0n) is 9.24. The fraction of sp³-hybridized carbons (Fsp3) is 0.0909. The number of esters is 1. The average molecular weight is 331 g/mol. The molecular weight excluding hydrogens is 323 g/mol. The molecule has 0 radical (unpaired) electrons. The molecule has 1 N–H and O–H groups in total. The van der Waals surface area contributed by atoms with Crippen LogP contribution in [-0.2, 0) is 4.74 Å². The summed E-state index contributed by atoms with van der Waals surface area (Å²) in [6, 6.07) is 4.27. The molecule has 2 rings (SSSR count). The maximum Gasteiger partial charge on any atom is 0.357 e. The number of carbonyl (C=O) groups excluding carboxylic acids is 1. The van der Waals surface area contributed by atoms with Gasteiger partial charge in [0.25, 0.3) is 0 Å². The first kappa shape index (κ1) is 13.0. The lowest BCUT2D eigenvalue weighted by atomic mass is 10.3.